The van der Waals surface area contributed by atoms with Crippen molar-refractivity contribution >= 4 is 0 Å². The maximum Gasteiger partial charge on any atom is 0.123 e. The van der Waals surface area contributed by atoms with Crippen molar-refractivity contribution in [2.75, 3.05) is 13.2 Å². The first-order valence-electron chi connectivity index (χ1n) is 5.21. The second kappa shape index (κ2) is 5.83. The largest absolute Gasteiger partial charge is 0.380 e. The molecule has 0 fully saturated rings. The van der Waals surface area contributed by atoms with Crippen LogP contribution in [0.15, 0.2) is 18.2 Å². The summed E-state index contributed by atoms with van der Waals surface area (Å²) in [4.78, 5) is 0. The summed E-state index contributed by atoms with van der Waals surface area (Å²) in [6.07, 6.45) is 0.728. The van der Waals surface area contributed by atoms with Crippen LogP contribution in [0, 0.1) is 12.7 Å². The van der Waals surface area contributed by atoms with Gasteiger partial charge in [-0.3, -0.25) is 0 Å². The lowest BCUT2D eigenvalue weighted by molar-refractivity contribution is 0.133. The Balaban J connectivity index is 2.56. The molecule has 0 radical (unpaired) electrons. The molecule has 0 aliphatic heterocycles. The fraction of sp³-hybridized carbons (Fsp3) is 0.500. The Labute approximate surface area is 90.2 Å². The summed E-state index contributed by atoms with van der Waals surface area (Å²) in [6, 6.07) is 4.77. The maximum absolute atomic E-state index is 12.8. The zero-order valence-electron chi connectivity index (χ0n) is 9.29. The number of hydrogen-bond acceptors (Lipinski definition) is 2. The van der Waals surface area contributed by atoms with E-state index in [0.717, 1.165) is 17.5 Å². The van der Waals surface area contributed by atoms with Crippen LogP contribution in [0.1, 0.15) is 18.1 Å². The van der Waals surface area contributed by atoms with Crippen LogP contribution in [-0.2, 0) is 11.2 Å². The molecule has 0 amide bonds. The van der Waals surface area contributed by atoms with E-state index in [-0.39, 0.29) is 11.9 Å². The van der Waals surface area contributed by atoms with E-state index < -0.39 is 0 Å². The lowest BCUT2D eigenvalue weighted by Gasteiger charge is -2.13. The van der Waals surface area contributed by atoms with E-state index in [4.69, 9.17) is 10.5 Å². The summed E-state index contributed by atoms with van der Waals surface area (Å²) in [7, 11) is 0. The summed E-state index contributed by atoms with van der Waals surface area (Å²) in [5.74, 6) is -0.199. The highest BCUT2D eigenvalue weighted by Crippen LogP contribution is 2.11. The number of nitrogens with two attached hydrogens (primary N) is 1. The van der Waals surface area contributed by atoms with Gasteiger partial charge in [0.2, 0.25) is 0 Å². The van der Waals surface area contributed by atoms with Gasteiger partial charge in [-0.25, -0.2) is 4.39 Å². The maximum atomic E-state index is 12.8. The van der Waals surface area contributed by atoms with Crippen molar-refractivity contribution < 1.29 is 9.13 Å². The topological polar surface area (TPSA) is 35.2 Å². The molecule has 1 unspecified atom stereocenters. The molecule has 0 saturated carbocycles. The molecule has 1 rings (SSSR count). The molecule has 0 aliphatic rings. The Morgan fingerprint density at radius 1 is 1.47 bits per heavy atom. The first-order valence-corrected chi connectivity index (χ1v) is 5.21. The smallest absolute Gasteiger partial charge is 0.123 e. The Kier molecular flexibility index (Phi) is 4.72. The van der Waals surface area contributed by atoms with E-state index in [1.165, 1.54) is 12.1 Å². The van der Waals surface area contributed by atoms with Crippen molar-refractivity contribution in [2.24, 2.45) is 5.73 Å². The Bertz CT molecular complexity index is 314. The zero-order chi connectivity index (χ0) is 11.3. The Hall–Kier alpha value is -0.930. The van der Waals surface area contributed by atoms with Crippen molar-refractivity contribution in [1.82, 2.24) is 0 Å². The third kappa shape index (κ3) is 3.98. The lowest BCUT2D eigenvalue weighted by Crippen LogP contribution is -2.28. The summed E-state index contributed by atoms with van der Waals surface area (Å²) in [5.41, 5.74) is 7.91. The molecular weight excluding hydrogens is 193 g/mol. The van der Waals surface area contributed by atoms with Crippen molar-refractivity contribution in [1.29, 1.82) is 0 Å². The lowest BCUT2D eigenvalue weighted by atomic mass is 10.0. The van der Waals surface area contributed by atoms with Gasteiger partial charge in [-0.2, -0.15) is 0 Å². The van der Waals surface area contributed by atoms with Crippen LogP contribution in [0.25, 0.3) is 0 Å². The summed E-state index contributed by atoms with van der Waals surface area (Å²) in [5, 5.41) is 0. The Morgan fingerprint density at radius 3 is 2.80 bits per heavy atom. The molecule has 1 aromatic carbocycles. The molecule has 0 aromatic heterocycles. The second-order valence-corrected chi connectivity index (χ2v) is 3.69. The first kappa shape index (κ1) is 12.1. The molecule has 0 saturated heterocycles. The molecule has 84 valence electrons. The standard InChI is InChI=1S/C12H18FNO/c1-3-15-8-12(14)7-10-4-5-11(13)6-9(10)2/h4-6,12H,3,7-8,14H2,1-2H3. The third-order valence-corrected chi connectivity index (χ3v) is 2.32. The van der Waals surface area contributed by atoms with Crippen LogP contribution in [0.3, 0.4) is 0 Å². The normalized spacial score (nSPS) is 12.8. The minimum atomic E-state index is -0.199. The van der Waals surface area contributed by atoms with Crippen molar-refractivity contribution in [3.63, 3.8) is 0 Å². The summed E-state index contributed by atoms with van der Waals surface area (Å²) in [6.45, 7) is 5.06. The molecule has 0 heterocycles. The molecule has 0 bridgehead atoms. The van der Waals surface area contributed by atoms with Gasteiger partial charge in [0.1, 0.15) is 5.82 Å². The van der Waals surface area contributed by atoms with Crippen LogP contribution < -0.4 is 5.73 Å². The van der Waals surface area contributed by atoms with E-state index in [9.17, 15) is 4.39 Å². The number of ether oxygens (including phenoxy) is 1. The summed E-state index contributed by atoms with van der Waals surface area (Å²) < 4.78 is 18.1. The molecule has 3 heteroatoms. The molecule has 2 nitrogen and oxygen atoms in total. The molecule has 0 aliphatic carbocycles. The van der Waals surface area contributed by atoms with Crippen LogP contribution in [0.4, 0.5) is 4.39 Å². The van der Waals surface area contributed by atoms with Gasteiger partial charge in [0.05, 0.1) is 6.61 Å². The highest BCUT2D eigenvalue weighted by molar-refractivity contribution is 5.27. The van der Waals surface area contributed by atoms with Crippen LogP contribution in [0.2, 0.25) is 0 Å². The molecule has 2 N–H and O–H groups in total. The number of aryl methyl sites for hydroxylation is 1. The Morgan fingerprint density at radius 2 is 2.20 bits per heavy atom. The van der Waals surface area contributed by atoms with E-state index in [0.29, 0.717) is 13.2 Å². The SMILES string of the molecule is CCOCC(N)Cc1ccc(F)cc1C. The fourth-order valence-corrected chi connectivity index (χ4v) is 1.50. The van der Waals surface area contributed by atoms with Gasteiger partial charge in [0, 0.05) is 12.6 Å². The predicted octanol–water partition coefficient (Wildman–Crippen LogP) is 2.04. The first-order chi connectivity index (χ1) is 7.13. The van der Waals surface area contributed by atoms with Crippen LogP contribution in [0.5, 0.6) is 0 Å². The minimum Gasteiger partial charge on any atom is -0.380 e. The average Bonchev–Trinajstić information content (AvgIpc) is 2.19. The van der Waals surface area contributed by atoms with Crippen molar-refractivity contribution in [3.8, 4) is 0 Å². The zero-order valence-corrected chi connectivity index (χ0v) is 9.29. The van der Waals surface area contributed by atoms with Gasteiger partial charge >= 0.3 is 0 Å². The van der Waals surface area contributed by atoms with Crippen molar-refractivity contribution in [2.45, 2.75) is 26.3 Å². The number of halogens is 1. The van der Waals surface area contributed by atoms with Crippen molar-refractivity contribution in [3.05, 3.63) is 35.1 Å². The summed E-state index contributed by atoms with van der Waals surface area (Å²) >= 11 is 0. The molecule has 1 atom stereocenters. The van der Waals surface area contributed by atoms with E-state index >= 15 is 0 Å². The molecule has 0 spiro atoms. The van der Waals surface area contributed by atoms with Gasteiger partial charge in [-0.1, -0.05) is 6.07 Å². The number of rotatable bonds is 5. The molecule has 15 heavy (non-hydrogen) atoms. The average molecular weight is 211 g/mol. The molecular formula is C12H18FNO. The number of hydrogen-bond donors (Lipinski definition) is 1. The quantitative estimate of drug-likeness (QED) is 0.809. The third-order valence-electron chi connectivity index (χ3n) is 2.32. The van der Waals surface area contributed by atoms with E-state index in [1.54, 1.807) is 6.07 Å². The van der Waals surface area contributed by atoms with Gasteiger partial charge in [0.25, 0.3) is 0 Å². The monoisotopic (exact) mass is 211 g/mol. The molecule has 1 aromatic rings. The van der Waals surface area contributed by atoms with Gasteiger partial charge in [-0.05, 0) is 43.5 Å². The minimum absolute atomic E-state index is 0.0193. The predicted molar refractivity (Wildman–Crippen MR) is 59.3 cm³/mol. The van der Waals surface area contributed by atoms with Gasteiger partial charge in [0.15, 0.2) is 0 Å². The van der Waals surface area contributed by atoms with Crippen LogP contribution >= 0.6 is 0 Å². The van der Waals surface area contributed by atoms with Crippen LogP contribution in [-0.4, -0.2) is 19.3 Å². The van der Waals surface area contributed by atoms with Gasteiger partial charge in [-0.15, -0.1) is 0 Å². The fourth-order valence-electron chi connectivity index (χ4n) is 1.50. The highest BCUT2D eigenvalue weighted by atomic mass is 19.1. The highest BCUT2D eigenvalue weighted by Gasteiger charge is 2.06. The second-order valence-electron chi connectivity index (χ2n) is 3.69. The van der Waals surface area contributed by atoms with Gasteiger partial charge < -0.3 is 10.5 Å². The van der Waals surface area contributed by atoms with E-state index in [2.05, 4.69) is 0 Å². The van der Waals surface area contributed by atoms with E-state index in [1.807, 2.05) is 13.8 Å². The number of benzene rings is 1.